The summed E-state index contributed by atoms with van der Waals surface area (Å²) in [7, 11) is -5.32. The first-order chi connectivity index (χ1) is 13.4. The average Bonchev–Trinajstić information content (AvgIpc) is 2.59. The third-order valence-corrected chi connectivity index (χ3v) is 5.62. The smallest absolute Gasteiger partial charge is 0.369 e. The number of rotatable bonds is 4. The molecule has 0 amide bonds. The number of nitrogens with zero attached hydrogens (tertiary/aromatic N) is 1. The lowest BCUT2D eigenvalue weighted by atomic mass is 9.92. The summed E-state index contributed by atoms with van der Waals surface area (Å²) in [6.45, 7) is 0. The van der Waals surface area contributed by atoms with Crippen molar-refractivity contribution in [2.24, 2.45) is 0 Å². The average molecular weight is 467 g/mol. The fraction of sp³-hybridized carbons (Fsp3) is 0.250. The quantitative estimate of drug-likeness (QED) is 0.524. The molecule has 0 aliphatic rings. The summed E-state index contributed by atoms with van der Waals surface area (Å²) < 4.78 is 141. The van der Waals surface area contributed by atoms with Gasteiger partial charge in [-0.2, -0.15) is 30.6 Å². The van der Waals surface area contributed by atoms with Crippen molar-refractivity contribution in [3.8, 4) is 0 Å². The zero-order valence-corrected chi connectivity index (χ0v) is 15.0. The third kappa shape index (κ3) is 4.05. The molecule has 0 atom stereocenters. The highest BCUT2D eigenvalue weighted by Gasteiger charge is 2.71. The second kappa shape index (κ2) is 7.34. The van der Waals surface area contributed by atoms with E-state index in [2.05, 4.69) is 0 Å². The van der Waals surface area contributed by atoms with Gasteiger partial charge in [0.15, 0.2) is 0 Å². The van der Waals surface area contributed by atoms with Crippen LogP contribution in [0.4, 0.5) is 45.2 Å². The maximum atomic E-state index is 13.4. The first kappa shape index (κ1) is 23.8. The van der Waals surface area contributed by atoms with Crippen LogP contribution in [0.3, 0.4) is 0 Å². The molecular formula is C16H10F9NO3S. The Morgan fingerprint density at radius 1 is 0.700 bits per heavy atom. The minimum Gasteiger partial charge on any atom is -0.369 e. The summed E-state index contributed by atoms with van der Waals surface area (Å²) >= 11 is 0. The van der Waals surface area contributed by atoms with E-state index in [0.717, 1.165) is 24.3 Å². The predicted octanol–water partition coefficient (Wildman–Crippen LogP) is 4.71. The normalized spacial score (nSPS) is 13.9. The maximum Gasteiger partial charge on any atom is 0.498 e. The van der Waals surface area contributed by atoms with E-state index >= 15 is 0 Å². The molecule has 0 unspecified atom stereocenters. The number of halogens is 9. The van der Waals surface area contributed by atoms with Crippen LogP contribution in [0.2, 0.25) is 0 Å². The Morgan fingerprint density at radius 2 is 1.13 bits per heavy atom. The van der Waals surface area contributed by atoms with Gasteiger partial charge in [-0.25, -0.2) is 8.42 Å². The third-order valence-electron chi connectivity index (χ3n) is 3.85. The van der Waals surface area contributed by atoms with Crippen molar-refractivity contribution in [2.45, 2.75) is 29.1 Å². The molecule has 0 heterocycles. The van der Waals surface area contributed by atoms with Crippen LogP contribution in [0.25, 0.3) is 0 Å². The van der Waals surface area contributed by atoms with Crippen LogP contribution < -0.4 is 4.31 Å². The Labute approximate surface area is 163 Å². The molecule has 2 rings (SSSR count). The molecule has 0 aliphatic heterocycles. The van der Waals surface area contributed by atoms with Gasteiger partial charge in [-0.15, -0.1) is 13.2 Å². The molecule has 30 heavy (non-hydrogen) atoms. The van der Waals surface area contributed by atoms with Crippen molar-refractivity contribution in [3.63, 3.8) is 0 Å². The molecule has 0 saturated carbocycles. The van der Waals surface area contributed by atoms with Crippen molar-refractivity contribution in [1.29, 1.82) is 0 Å². The second-order valence-electron chi connectivity index (χ2n) is 5.80. The van der Waals surface area contributed by atoms with Gasteiger partial charge in [0.1, 0.15) is 0 Å². The van der Waals surface area contributed by atoms with Crippen molar-refractivity contribution in [1.82, 2.24) is 0 Å². The highest BCUT2D eigenvalue weighted by molar-refractivity contribution is 7.92. The minimum absolute atomic E-state index is 0.0752. The van der Waals surface area contributed by atoms with Crippen molar-refractivity contribution in [2.75, 3.05) is 4.31 Å². The van der Waals surface area contributed by atoms with Gasteiger partial charge >= 0.3 is 18.7 Å². The van der Waals surface area contributed by atoms with Crippen molar-refractivity contribution >= 4 is 15.7 Å². The van der Waals surface area contributed by atoms with Crippen LogP contribution in [0.1, 0.15) is 5.56 Å². The summed E-state index contributed by atoms with van der Waals surface area (Å²) in [5.74, 6) is 0. The topological polar surface area (TPSA) is 57.6 Å². The standard InChI is InChI=1S/C16H10F9NO3S/c17-14(18,19)13(27,15(20,21)22)10-6-8-11(9-7-10)26(16(23,24)25)30(28,29)12-4-2-1-3-5-12/h1-9,27H. The van der Waals surface area contributed by atoms with Crippen LogP contribution in [0, 0.1) is 0 Å². The van der Waals surface area contributed by atoms with E-state index < -0.39 is 54.7 Å². The van der Waals surface area contributed by atoms with Gasteiger partial charge in [0.25, 0.3) is 15.6 Å². The van der Waals surface area contributed by atoms with Gasteiger partial charge in [0.2, 0.25) is 0 Å². The van der Waals surface area contributed by atoms with Crippen molar-refractivity contribution < 1.29 is 53.0 Å². The Kier molecular flexibility index (Phi) is 5.82. The number of alkyl halides is 9. The van der Waals surface area contributed by atoms with Gasteiger partial charge in [-0.05, 0) is 24.3 Å². The lowest BCUT2D eigenvalue weighted by molar-refractivity contribution is -0.376. The van der Waals surface area contributed by atoms with E-state index in [4.69, 9.17) is 0 Å². The largest absolute Gasteiger partial charge is 0.498 e. The molecule has 166 valence electrons. The number of sulfonamides is 1. The van der Waals surface area contributed by atoms with E-state index in [-0.39, 0.29) is 24.3 Å². The molecule has 2 aromatic carbocycles. The number of aliphatic hydroxyl groups is 1. The Balaban J connectivity index is 2.63. The summed E-state index contributed by atoms with van der Waals surface area (Å²) in [6, 6.07) is 5.13. The van der Waals surface area contributed by atoms with Gasteiger partial charge in [0.05, 0.1) is 10.6 Å². The predicted molar refractivity (Wildman–Crippen MR) is 84.6 cm³/mol. The Bertz CT molecular complexity index is 968. The molecule has 1 N–H and O–H groups in total. The molecule has 0 bridgehead atoms. The summed E-state index contributed by atoms with van der Waals surface area (Å²) in [5, 5.41) is 9.28. The van der Waals surface area contributed by atoms with Crippen LogP contribution >= 0.6 is 0 Å². The number of benzene rings is 2. The van der Waals surface area contributed by atoms with E-state index in [1.807, 2.05) is 0 Å². The molecule has 4 nitrogen and oxygen atoms in total. The molecule has 0 spiro atoms. The summed E-state index contributed by atoms with van der Waals surface area (Å²) in [4.78, 5) is -0.825. The lowest BCUT2D eigenvalue weighted by Gasteiger charge is -2.33. The highest BCUT2D eigenvalue weighted by atomic mass is 32.2. The summed E-state index contributed by atoms with van der Waals surface area (Å²) in [5.41, 5.74) is -8.51. The van der Waals surface area contributed by atoms with Crippen LogP contribution in [-0.2, 0) is 15.6 Å². The molecule has 2 aromatic rings. The second-order valence-corrected chi connectivity index (χ2v) is 7.59. The molecule has 0 radical (unpaired) electrons. The molecule has 0 fully saturated rings. The van der Waals surface area contributed by atoms with Crippen LogP contribution in [0.5, 0.6) is 0 Å². The van der Waals surface area contributed by atoms with E-state index in [1.54, 1.807) is 0 Å². The molecule has 0 aromatic heterocycles. The fourth-order valence-electron chi connectivity index (χ4n) is 2.45. The maximum absolute atomic E-state index is 13.4. The Hall–Kier alpha value is -2.48. The summed E-state index contributed by atoms with van der Waals surface area (Å²) in [6.07, 6.45) is -18.1. The fourth-order valence-corrected chi connectivity index (χ4v) is 3.83. The van der Waals surface area contributed by atoms with E-state index in [9.17, 15) is 53.0 Å². The van der Waals surface area contributed by atoms with E-state index in [0.29, 0.717) is 0 Å². The number of hydrogen-bond acceptors (Lipinski definition) is 3. The van der Waals surface area contributed by atoms with E-state index in [1.165, 1.54) is 6.07 Å². The first-order valence-electron chi connectivity index (χ1n) is 7.57. The van der Waals surface area contributed by atoms with Gasteiger partial charge in [-0.3, -0.25) is 0 Å². The zero-order valence-electron chi connectivity index (χ0n) is 14.2. The molecule has 0 saturated heterocycles. The minimum atomic E-state index is -6.26. The lowest BCUT2D eigenvalue weighted by Crippen LogP contribution is -2.53. The molecular weight excluding hydrogens is 457 g/mol. The molecule has 14 heteroatoms. The number of hydrogen-bond donors (Lipinski definition) is 1. The number of anilines is 1. The van der Waals surface area contributed by atoms with Crippen LogP contribution in [0.15, 0.2) is 59.5 Å². The van der Waals surface area contributed by atoms with Crippen LogP contribution in [-0.4, -0.2) is 32.2 Å². The molecule has 0 aliphatic carbocycles. The highest BCUT2D eigenvalue weighted by Crippen LogP contribution is 2.50. The van der Waals surface area contributed by atoms with Gasteiger partial charge < -0.3 is 5.11 Å². The first-order valence-corrected chi connectivity index (χ1v) is 9.01. The zero-order chi connectivity index (χ0) is 23.2. The van der Waals surface area contributed by atoms with Crippen molar-refractivity contribution in [3.05, 3.63) is 60.2 Å². The monoisotopic (exact) mass is 467 g/mol. The van der Waals surface area contributed by atoms with Gasteiger partial charge in [0, 0.05) is 5.56 Å². The Morgan fingerprint density at radius 3 is 1.50 bits per heavy atom. The van der Waals surface area contributed by atoms with Gasteiger partial charge in [-0.1, -0.05) is 30.3 Å². The SMILES string of the molecule is O=S(=O)(c1ccccc1)N(c1ccc(C(O)(C(F)(F)F)C(F)(F)F)cc1)C(F)(F)F.